The van der Waals surface area contributed by atoms with Gasteiger partial charge in [0.2, 0.25) is 5.91 Å². The monoisotopic (exact) mass is 720 g/mol. The lowest BCUT2D eigenvalue weighted by molar-refractivity contribution is -0.385. The summed E-state index contributed by atoms with van der Waals surface area (Å²) in [5.74, 6) is -2.59. The number of fused-ring (bicyclic) bond motifs is 1. The van der Waals surface area contributed by atoms with Gasteiger partial charge < -0.3 is 24.4 Å². The maximum absolute atomic E-state index is 13.6. The Morgan fingerprint density at radius 2 is 1.69 bits per heavy atom. The molecule has 5 rings (SSSR count). The van der Waals surface area contributed by atoms with Crippen LogP contribution in [0, 0.1) is 32.1 Å². The van der Waals surface area contributed by atoms with E-state index in [4.69, 9.17) is 14.6 Å². The van der Waals surface area contributed by atoms with E-state index in [1.54, 1.807) is 6.92 Å². The number of likely N-dealkylation sites (tertiary alicyclic amines) is 1. The van der Waals surface area contributed by atoms with Crippen LogP contribution in [0.5, 0.6) is 5.75 Å². The average Bonchev–Trinajstić information content (AvgIpc) is 3.55. The number of rotatable bonds is 12. The van der Waals surface area contributed by atoms with Crippen molar-refractivity contribution in [2.75, 3.05) is 13.1 Å². The molecular weight excluding hydrogens is 688 g/mol. The van der Waals surface area contributed by atoms with Crippen LogP contribution < -0.4 is 14.6 Å². The third-order valence-corrected chi connectivity index (χ3v) is 10.6. The Hall–Kier alpha value is -4.63. The number of hydrogen-bond donors (Lipinski definition) is 3. The van der Waals surface area contributed by atoms with E-state index in [9.17, 15) is 48.1 Å². The van der Waals surface area contributed by atoms with Crippen LogP contribution in [0.3, 0.4) is 0 Å². The molecule has 3 heterocycles. The van der Waals surface area contributed by atoms with E-state index in [0.29, 0.717) is 10.5 Å². The number of nitrogens with zero attached hydrogens (tertiary/aromatic N) is 4. The molecule has 3 aliphatic heterocycles. The molecule has 6 atom stereocenters. The molecule has 20 heteroatoms. The number of aliphatic hydroxyl groups is 1. The van der Waals surface area contributed by atoms with Crippen molar-refractivity contribution < 1.29 is 47.2 Å². The number of carbonyl (C=O) groups excluding carboxylic acids is 3. The summed E-state index contributed by atoms with van der Waals surface area (Å²) >= 11 is 1.21. The highest BCUT2D eigenvalue weighted by atomic mass is 32.2. The number of benzene rings is 2. The molecule has 2 fully saturated rings. The van der Waals surface area contributed by atoms with E-state index in [1.165, 1.54) is 64.9 Å². The fourth-order valence-electron chi connectivity index (χ4n) is 6.17. The first-order valence-electron chi connectivity index (χ1n) is 14.9. The number of nitro groups is 2. The smallest absolute Gasteiger partial charge is 0.410 e. The minimum absolute atomic E-state index is 0.000502. The van der Waals surface area contributed by atoms with Gasteiger partial charge in [0, 0.05) is 59.5 Å². The molecule has 0 spiro atoms. The molecule has 49 heavy (non-hydrogen) atoms. The van der Waals surface area contributed by atoms with Crippen LogP contribution in [0.1, 0.15) is 25.8 Å². The molecule has 2 aromatic rings. The minimum Gasteiger partial charge on any atom is -0.445 e. The fraction of sp³-hybridized carbons (Fsp3) is 0.414. The predicted molar refractivity (Wildman–Crippen MR) is 172 cm³/mol. The molecule has 0 bridgehead atoms. The zero-order chi connectivity index (χ0) is 35.8. The molecule has 3 unspecified atom stereocenters. The molecule has 4 N–H and O–H groups in total. The Labute approximate surface area is 283 Å². The van der Waals surface area contributed by atoms with Crippen LogP contribution in [-0.4, -0.2) is 87.7 Å². The highest BCUT2D eigenvalue weighted by Crippen LogP contribution is 2.52. The van der Waals surface area contributed by atoms with Crippen LogP contribution in [0.2, 0.25) is 0 Å². The number of nitrogens with two attached hydrogens (primary N) is 1. The molecule has 2 amide bonds. The predicted octanol–water partition coefficient (Wildman–Crippen LogP) is 1.78. The van der Waals surface area contributed by atoms with Gasteiger partial charge in [-0.2, -0.15) is 8.42 Å². The Morgan fingerprint density at radius 3 is 2.24 bits per heavy atom. The number of aliphatic hydroxyl groups excluding tert-OH is 1. The van der Waals surface area contributed by atoms with Crippen molar-refractivity contribution >= 4 is 51.3 Å². The minimum atomic E-state index is -4.13. The lowest BCUT2D eigenvalue weighted by Gasteiger charge is -2.46. The number of β-lactam (4-membered cyclic amide) rings is 1. The summed E-state index contributed by atoms with van der Waals surface area (Å²) in [6.07, 6.45) is -1.57. The van der Waals surface area contributed by atoms with Crippen LogP contribution in [0.15, 0.2) is 59.1 Å². The zero-order valence-corrected chi connectivity index (χ0v) is 27.7. The highest BCUT2D eigenvalue weighted by molar-refractivity contribution is 8.03. The van der Waals surface area contributed by atoms with Crippen LogP contribution in [0.25, 0.3) is 0 Å². The first kappa shape index (κ1) is 35.7. The molecule has 0 saturated carbocycles. The average molecular weight is 721 g/mol. The van der Waals surface area contributed by atoms with Gasteiger partial charge in [-0.3, -0.25) is 25.0 Å². The number of hydrogen-bond acceptors (Lipinski definition) is 13. The third-order valence-electron chi connectivity index (χ3n) is 8.49. The van der Waals surface area contributed by atoms with Crippen LogP contribution in [-0.2, 0) is 31.1 Å². The first-order valence-corrected chi connectivity index (χ1v) is 17.3. The van der Waals surface area contributed by atoms with Crippen molar-refractivity contribution in [2.24, 2.45) is 17.0 Å². The molecule has 262 valence electrons. The van der Waals surface area contributed by atoms with E-state index in [-0.39, 0.29) is 48.9 Å². The van der Waals surface area contributed by atoms with Gasteiger partial charge in [0.15, 0.2) is 0 Å². The van der Waals surface area contributed by atoms with Crippen molar-refractivity contribution in [1.82, 2.24) is 14.5 Å². The number of non-ortho nitro benzene ring substituents is 2. The Kier molecular flexibility index (Phi) is 10.2. The van der Waals surface area contributed by atoms with Gasteiger partial charge in [-0.1, -0.05) is 6.92 Å². The summed E-state index contributed by atoms with van der Waals surface area (Å²) in [7, 11) is -4.13. The topological polar surface area (TPSA) is 255 Å². The van der Waals surface area contributed by atoms with Crippen molar-refractivity contribution in [1.29, 1.82) is 0 Å². The van der Waals surface area contributed by atoms with Crippen LogP contribution in [0.4, 0.5) is 16.2 Å². The van der Waals surface area contributed by atoms with E-state index < -0.39 is 73.3 Å². The summed E-state index contributed by atoms with van der Waals surface area (Å²) in [5, 5.41) is 37.0. The molecule has 2 aromatic carbocycles. The Balaban J connectivity index is 1.37. The number of carbonyl (C=O) groups is 3. The third kappa shape index (κ3) is 7.67. The lowest BCUT2D eigenvalue weighted by Crippen LogP contribution is -2.63. The van der Waals surface area contributed by atoms with E-state index >= 15 is 0 Å². The van der Waals surface area contributed by atoms with E-state index in [0.717, 1.165) is 12.1 Å². The molecule has 3 aliphatic rings. The molecule has 0 radical (unpaired) electrons. The lowest BCUT2D eigenvalue weighted by atomic mass is 9.79. The van der Waals surface area contributed by atoms with Crippen molar-refractivity contribution in [2.45, 2.75) is 50.3 Å². The summed E-state index contributed by atoms with van der Waals surface area (Å²) < 4.78 is 36.6. The van der Waals surface area contributed by atoms with Gasteiger partial charge in [0.1, 0.15) is 18.1 Å². The first-order chi connectivity index (χ1) is 23.1. The van der Waals surface area contributed by atoms with Gasteiger partial charge in [-0.25, -0.2) is 19.5 Å². The van der Waals surface area contributed by atoms with Crippen molar-refractivity contribution in [3.63, 3.8) is 0 Å². The van der Waals surface area contributed by atoms with Crippen molar-refractivity contribution in [3.05, 3.63) is 84.9 Å². The van der Waals surface area contributed by atoms with Crippen molar-refractivity contribution in [3.8, 4) is 5.75 Å². The van der Waals surface area contributed by atoms with Gasteiger partial charge in [-0.05, 0) is 43.2 Å². The highest BCUT2D eigenvalue weighted by Gasteiger charge is 2.60. The maximum atomic E-state index is 13.6. The van der Waals surface area contributed by atoms with Gasteiger partial charge in [0.25, 0.3) is 21.6 Å². The molecule has 18 nitrogen and oxygen atoms in total. The Bertz CT molecular complexity index is 1800. The summed E-state index contributed by atoms with van der Waals surface area (Å²) in [6, 6.07) is 8.93. The molecule has 0 aromatic heterocycles. The summed E-state index contributed by atoms with van der Waals surface area (Å²) in [6.45, 7) is 2.84. The molecule has 0 aliphatic carbocycles. The number of nitrogens with one attached hydrogen (secondary N) is 1. The largest absolute Gasteiger partial charge is 0.445 e. The number of nitro benzene ring substituents is 2. The molecular formula is C29H32N6O12S2. The van der Waals surface area contributed by atoms with E-state index in [1.807, 2.05) is 0 Å². The Morgan fingerprint density at radius 1 is 1.10 bits per heavy atom. The zero-order valence-electron chi connectivity index (χ0n) is 26.0. The number of amides is 2. The fourth-order valence-corrected chi connectivity index (χ4v) is 8.16. The van der Waals surface area contributed by atoms with Crippen LogP contribution >= 0.6 is 11.8 Å². The van der Waals surface area contributed by atoms with Gasteiger partial charge in [0.05, 0.1) is 27.9 Å². The van der Waals surface area contributed by atoms with Gasteiger partial charge in [-0.15, -0.1) is 11.8 Å². The normalized spacial score (nSPS) is 23.9. The van der Waals surface area contributed by atoms with Gasteiger partial charge >= 0.3 is 12.1 Å². The number of ether oxygens (including phenoxy) is 2. The van der Waals surface area contributed by atoms with E-state index in [2.05, 4.69) is 4.72 Å². The summed E-state index contributed by atoms with van der Waals surface area (Å²) in [5.41, 5.74) is 0.0692. The SMILES string of the molecule is CC(O)[C@H]1C(=O)N2C(C(=O)Oc3ccc([N+](=O)[O-])cc3)=C(SC3C[C@@H](CNS(N)(=O)=O)N(C(=O)OCc4ccc([N+](=O)[O-])cc4)C3)[C@H](C)C12. The second kappa shape index (κ2) is 14.1. The molecule has 2 saturated heterocycles. The second-order valence-electron chi connectivity index (χ2n) is 11.8. The standard InChI is InChI=1S/C29H32N6O12S2/c1-15-24-23(16(2)36)27(37)33(24)25(28(38)47-21-9-7-19(8-10-21)35(42)43)26(15)48-22-11-20(12-31-49(30,44)45)32(13-22)29(39)46-14-17-3-5-18(6-4-17)34(40)41/h3-10,15-16,20,22-24,31,36H,11-14H2,1-2H3,(H2,30,44,45)/t15-,16?,20+,22?,23-,24?/m1/s1. The number of esters is 1. The maximum Gasteiger partial charge on any atom is 0.410 e. The quantitative estimate of drug-likeness (QED) is 0.0930. The number of thioether (sulfide) groups is 1. The summed E-state index contributed by atoms with van der Waals surface area (Å²) in [4.78, 5) is 63.9. The second-order valence-corrected chi connectivity index (χ2v) is 14.5.